The number of hydrogen-bond donors (Lipinski definition) is 0. The van der Waals surface area contributed by atoms with Crippen LogP contribution in [-0.2, 0) is 0 Å². The Balaban J connectivity index is 1.97. The van der Waals surface area contributed by atoms with E-state index in [9.17, 15) is 19.2 Å². The van der Waals surface area contributed by atoms with E-state index in [1.54, 1.807) is 24.3 Å². The minimum atomic E-state index is -0.422. The molecule has 0 saturated carbocycles. The van der Waals surface area contributed by atoms with Crippen molar-refractivity contribution in [1.29, 1.82) is 0 Å². The average Bonchev–Trinajstić information content (AvgIpc) is 2.67. The van der Waals surface area contributed by atoms with E-state index in [-0.39, 0.29) is 17.9 Å². The number of carbonyl (C=O) groups is 4. The van der Waals surface area contributed by atoms with Gasteiger partial charge in [-0.05, 0) is 43.0 Å². The van der Waals surface area contributed by atoms with Gasteiger partial charge in [-0.25, -0.2) is 0 Å². The summed E-state index contributed by atoms with van der Waals surface area (Å²) >= 11 is 0. The Labute approximate surface area is 163 Å². The molecule has 1 unspecified atom stereocenters. The maximum absolute atomic E-state index is 13.3. The van der Waals surface area contributed by atoms with Crippen molar-refractivity contribution < 1.29 is 19.2 Å². The van der Waals surface area contributed by atoms with Gasteiger partial charge in [0.05, 0.1) is 0 Å². The zero-order chi connectivity index (χ0) is 20.3. The maximum atomic E-state index is 13.3. The predicted octanol–water partition coefficient (Wildman–Crippen LogP) is 3.49. The zero-order valence-corrected chi connectivity index (χ0v) is 16.4. The van der Waals surface area contributed by atoms with Crippen LogP contribution in [0.3, 0.4) is 0 Å². The molecule has 2 aromatic rings. The molecular weight excluding hydrogens is 356 g/mol. The Morgan fingerprint density at radius 3 is 1.50 bits per heavy atom. The molecule has 0 N–H and O–H groups in total. The van der Waals surface area contributed by atoms with Crippen molar-refractivity contribution in [2.24, 2.45) is 5.92 Å². The fourth-order valence-electron chi connectivity index (χ4n) is 4.34. The smallest absolute Gasteiger partial charge is 0.261 e. The van der Waals surface area contributed by atoms with Crippen molar-refractivity contribution in [2.75, 3.05) is 7.05 Å². The molecule has 0 radical (unpaired) electrons. The van der Waals surface area contributed by atoms with Crippen LogP contribution in [0.1, 0.15) is 75.0 Å². The lowest BCUT2D eigenvalue weighted by atomic mass is 9.85. The molecule has 144 valence electrons. The highest BCUT2D eigenvalue weighted by atomic mass is 16.2. The first-order valence-electron chi connectivity index (χ1n) is 9.57. The Bertz CT molecular complexity index is 999. The molecule has 28 heavy (non-hydrogen) atoms. The molecular formula is C22H22N2O4. The van der Waals surface area contributed by atoms with Gasteiger partial charge in [0, 0.05) is 46.1 Å². The fourth-order valence-corrected chi connectivity index (χ4v) is 4.34. The lowest BCUT2D eigenvalue weighted by Gasteiger charge is -2.35. The van der Waals surface area contributed by atoms with Crippen LogP contribution in [-0.4, -0.2) is 46.5 Å². The molecule has 0 fully saturated rings. The second-order valence-corrected chi connectivity index (χ2v) is 7.91. The number of hydrogen-bond acceptors (Lipinski definition) is 4. The number of nitrogens with zero attached hydrogens (tertiary/aromatic N) is 2. The summed E-state index contributed by atoms with van der Waals surface area (Å²) in [6.45, 7) is 6.10. The second kappa shape index (κ2) is 6.26. The second-order valence-electron chi connectivity index (χ2n) is 7.91. The number of benzene rings is 2. The summed E-state index contributed by atoms with van der Waals surface area (Å²) in [6, 6.07) is 6.20. The van der Waals surface area contributed by atoms with Crippen LogP contribution in [0.2, 0.25) is 0 Å². The van der Waals surface area contributed by atoms with Gasteiger partial charge >= 0.3 is 0 Å². The van der Waals surface area contributed by atoms with Gasteiger partial charge in [-0.1, -0.05) is 20.8 Å². The molecule has 2 aliphatic heterocycles. The molecule has 2 heterocycles. The molecule has 6 heteroatoms. The van der Waals surface area contributed by atoms with E-state index in [1.165, 1.54) is 11.9 Å². The zero-order valence-electron chi connectivity index (χ0n) is 16.4. The Morgan fingerprint density at radius 2 is 1.14 bits per heavy atom. The standard InChI is InChI=1S/C22H22N2O4/c1-5-12(10-11(2)3)24-21(27)15-8-6-13-17-14(20(26)23(4)19(13)25)7-9-16(18(15)17)22(24)28/h6-9,11-12H,5,10H2,1-4H3. The van der Waals surface area contributed by atoms with Gasteiger partial charge in [0.15, 0.2) is 0 Å². The molecule has 0 bridgehead atoms. The van der Waals surface area contributed by atoms with E-state index in [0.717, 1.165) is 11.3 Å². The van der Waals surface area contributed by atoms with Crippen LogP contribution in [0.25, 0.3) is 10.8 Å². The van der Waals surface area contributed by atoms with E-state index in [1.807, 2.05) is 6.92 Å². The topological polar surface area (TPSA) is 74.8 Å². The Hall–Kier alpha value is -3.02. The van der Waals surface area contributed by atoms with Crippen LogP contribution in [0, 0.1) is 5.92 Å². The summed E-state index contributed by atoms with van der Waals surface area (Å²) < 4.78 is 0. The third kappa shape index (κ3) is 2.33. The summed E-state index contributed by atoms with van der Waals surface area (Å²) in [4.78, 5) is 54.1. The molecule has 1 atom stereocenters. The van der Waals surface area contributed by atoms with Gasteiger partial charge < -0.3 is 0 Å². The summed E-state index contributed by atoms with van der Waals surface area (Å²) in [5.41, 5.74) is 1.45. The fraction of sp³-hybridized carbons (Fsp3) is 0.364. The molecule has 0 aliphatic carbocycles. The molecule has 0 spiro atoms. The molecule has 0 aromatic heterocycles. The first kappa shape index (κ1) is 18.3. The number of imide groups is 2. The molecule has 4 amide bonds. The average molecular weight is 378 g/mol. The molecule has 6 nitrogen and oxygen atoms in total. The molecule has 4 rings (SSSR count). The Morgan fingerprint density at radius 1 is 0.750 bits per heavy atom. The summed E-state index contributed by atoms with van der Waals surface area (Å²) in [5.74, 6) is -1.21. The number of carbonyl (C=O) groups excluding carboxylic acids is 4. The van der Waals surface area contributed by atoms with Crippen LogP contribution in [0.4, 0.5) is 0 Å². The van der Waals surface area contributed by atoms with Gasteiger partial charge in [-0.2, -0.15) is 0 Å². The highest BCUT2D eigenvalue weighted by Crippen LogP contribution is 2.38. The number of rotatable bonds is 4. The SMILES string of the molecule is CCC(CC(C)C)N1C(=O)c2ccc3c4c(ccc(c24)C1=O)C(=O)N(C)C3=O. The van der Waals surface area contributed by atoms with Crippen molar-refractivity contribution in [1.82, 2.24) is 9.80 Å². The minimum absolute atomic E-state index is 0.190. The first-order chi connectivity index (χ1) is 13.3. The van der Waals surface area contributed by atoms with E-state index in [4.69, 9.17) is 0 Å². The molecule has 2 aliphatic rings. The van der Waals surface area contributed by atoms with Gasteiger partial charge in [0.1, 0.15) is 0 Å². The largest absolute Gasteiger partial charge is 0.277 e. The van der Waals surface area contributed by atoms with Crippen molar-refractivity contribution in [2.45, 2.75) is 39.7 Å². The normalized spacial score (nSPS) is 17.2. The van der Waals surface area contributed by atoms with Crippen LogP contribution in [0.15, 0.2) is 24.3 Å². The van der Waals surface area contributed by atoms with Crippen molar-refractivity contribution in [3.8, 4) is 0 Å². The lowest BCUT2D eigenvalue weighted by molar-refractivity contribution is 0.0512. The molecule has 0 saturated heterocycles. The highest BCUT2D eigenvalue weighted by molar-refractivity contribution is 6.33. The summed E-state index contributed by atoms with van der Waals surface area (Å²) in [6.07, 6.45) is 1.40. The van der Waals surface area contributed by atoms with E-state index in [0.29, 0.717) is 45.4 Å². The van der Waals surface area contributed by atoms with Crippen LogP contribution < -0.4 is 0 Å². The lowest BCUT2D eigenvalue weighted by Crippen LogP contribution is -2.48. The summed E-state index contributed by atoms with van der Waals surface area (Å²) in [5, 5.41) is 0.844. The maximum Gasteiger partial charge on any atom is 0.261 e. The number of amides is 4. The highest BCUT2D eigenvalue weighted by Gasteiger charge is 2.40. The van der Waals surface area contributed by atoms with E-state index in [2.05, 4.69) is 13.8 Å². The van der Waals surface area contributed by atoms with Crippen LogP contribution in [0.5, 0.6) is 0 Å². The monoisotopic (exact) mass is 378 g/mol. The predicted molar refractivity (Wildman–Crippen MR) is 104 cm³/mol. The van der Waals surface area contributed by atoms with Gasteiger partial charge in [-0.3, -0.25) is 29.0 Å². The van der Waals surface area contributed by atoms with Gasteiger partial charge in [0.2, 0.25) is 0 Å². The molecule has 2 aromatic carbocycles. The van der Waals surface area contributed by atoms with E-state index < -0.39 is 11.8 Å². The Kier molecular flexibility index (Phi) is 4.10. The quantitative estimate of drug-likeness (QED) is 0.764. The third-order valence-electron chi connectivity index (χ3n) is 5.71. The first-order valence-corrected chi connectivity index (χ1v) is 9.57. The van der Waals surface area contributed by atoms with Crippen molar-refractivity contribution >= 4 is 34.4 Å². The van der Waals surface area contributed by atoms with Crippen LogP contribution >= 0.6 is 0 Å². The van der Waals surface area contributed by atoms with Gasteiger partial charge in [0.25, 0.3) is 23.6 Å². The summed E-state index contributed by atoms with van der Waals surface area (Å²) in [7, 11) is 1.43. The van der Waals surface area contributed by atoms with Crippen molar-refractivity contribution in [3.05, 3.63) is 46.5 Å². The van der Waals surface area contributed by atoms with Crippen molar-refractivity contribution in [3.63, 3.8) is 0 Å². The minimum Gasteiger partial charge on any atom is -0.277 e. The van der Waals surface area contributed by atoms with E-state index >= 15 is 0 Å². The van der Waals surface area contributed by atoms with Gasteiger partial charge in [-0.15, -0.1) is 0 Å². The third-order valence-corrected chi connectivity index (χ3v) is 5.71.